The molecule has 21 heavy (non-hydrogen) atoms. The Kier molecular flexibility index (Phi) is 6.07. The predicted molar refractivity (Wildman–Crippen MR) is 87.4 cm³/mol. The molecule has 1 fully saturated rings. The van der Waals surface area contributed by atoms with E-state index in [0.29, 0.717) is 19.5 Å². The summed E-state index contributed by atoms with van der Waals surface area (Å²) in [6, 6.07) is 7.75. The fraction of sp³-hybridized carbons (Fsp3) is 0.588. The lowest BCUT2D eigenvalue weighted by molar-refractivity contribution is -0.123. The highest BCUT2D eigenvalue weighted by atomic mass is 35.5. The first-order chi connectivity index (χ1) is 10.1. The Bertz CT molecular complexity index is 452. The average Bonchev–Trinajstić information content (AvgIpc) is 2.50. The molecule has 3 N–H and O–H groups in total. The van der Waals surface area contributed by atoms with Crippen LogP contribution in [0.25, 0.3) is 0 Å². The van der Waals surface area contributed by atoms with Gasteiger partial charge in [0.15, 0.2) is 0 Å². The number of carbonyl (C=O) groups excluding carboxylic acids is 1. The van der Waals surface area contributed by atoms with Crippen molar-refractivity contribution in [2.45, 2.75) is 44.9 Å². The van der Waals surface area contributed by atoms with Gasteiger partial charge in [0.1, 0.15) is 0 Å². The molecule has 2 rings (SSSR count). The molecule has 0 aromatic heterocycles. The third-order valence-electron chi connectivity index (χ3n) is 4.53. The van der Waals surface area contributed by atoms with Crippen LogP contribution >= 0.6 is 11.6 Å². The highest BCUT2D eigenvalue weighted by Crippen LogP contribution is 2.38. The van der Waals surface area contributed by atoms with E-state index in [9.17, 15) is 4.79 Å². The second-order valence-corrected chi connectivity index (χ2v) is 6.60. The standard InChI is InChI=1S/C17H25ClN2O/c18-15-6-4-14(5-7-15)8-11-20-16(21)12-17(13-19)9-2-1-3-10-17/h4-7H,1-3,8-13,19H2,(H,20,21). The van der Waals surface area contributed by atoms with Gasteiger partial charge in [-0.3, -0.25) is 4.79 Å². The molecule has 0 spiro atoms. The summed E-state index contributed by atoms with van der Waals surface area (Å²) in [5.41, 5.74) is 7.16. The number of hydrogen-bond acceptors (Lipinski definition) is 2. The second kappa shape index (κ2) is 7.81. The lowest BCUT2D eigenvalue weighted by atomic mass is 9.71. The molecule has 1 amide bonds. The van der Waals surface area contributed by atoms with Crippen LogP contribution < -0.4 is 11.1 Å². The van der Waals surface area contributed by atoms with Crippen LogP contribution in [0.1, 0.15) is 44.1 Å². The summed E-state index contributed by atoms with van der Waals surface area (Å²) in [5.74, 6) is 0.135. The van der Waals surface area contributed by atoms with Crippen LogP contribution in [0, 0.1) is 5.41 Å². The normalized spacial score (nSPS) is 17.4. The van der Waals surface area contributed by atoms with Crippen LogP contribution in [0.3, 0.4) is 0 Å². The Hall–Kier alpha value is -1.06. The van der Waals surface area contributed by atoms with Crippen molar-refractivity contribution in [2.75, 3.05) is 13.1 Å². The zero-order valence-corrected chi connectivity index (χ0v) is 13.3. The van der Waals surface area contributed by atoms with Crippen LogP contribution in [-0.4, -0.2) is 19.0 Å². The Balaban J connectivity index is 1.75. The van der Waals surface area contributed by atoms with Crippen LogP contribution in [-0.2, 0) is 11.2 Å². The van der Waals surface area contributed by atoms with E-state index in [-0.39, 0.29) is 11.3 Å². The van der Waals surface area contributed by atoms with Gasteiger partial charge in [0, 0.05) is 18.0 Å². The lowest BCUT2D eigenvalue weighted by Gasteiger charge is -2.35. The third kappa shape index (κ3) is 5.01. The number of nitrogens with one attached hydrogen (secondary N) is 1. The molecule has 0 saturated heterocycles. The van der Waals surface area contributed by atoms with E-state index < -0.39 is 0 Å². The average molecular weight is 309 g/mol. The number of benzene rings is 1. The SMILES string of the molecule is NCC1(CC(=O)NCCc2ccc(Cl)cc2)CCCCC1. The van der Waals surface area contributed by atoms with Gasteiger partial charge in [0.05, 0.1) is 0 Å². The minimum atomic E-state index is 0.0443. The van der Waals surface area contributed by atoms with E-state index in [1.807, 2.05) is 24.3 Å². The summed E-state index contributed by atoms with van der Waals surface area (Å²) in [4.78, 5) is 12.1. The van der Waals surface area contributed by atoms with Gasteiger partial charge in [-0.15, -0.1) is 0 Å². The fourth-order valence-corrected chi connectivity index (χ4v) is 3.28. The Morgan fingerprint density at radius 1 is 1.19 bits per heavy atom. The number of nitrogens with two attached hydrogens (primary N) is 1. The van der Waals surface area contributed by atoms with Crippen LogP contribution in [0.15, 0.2) is 24.3 Å². The molecule has 0 heterocycles. The van der Waals surface area contributed by atoms with Gasteiger partial charge >= 0.3 is 0 Å². The quantitative estimate of drug-likeness (QED) is 0.847. The fourth-order valence-electron chi connectivity index (χ4n) is 3.16. The van der Waals surface area contributed by atoms with Crippen molar-refractivity contribution >= 4 is 17.5 Å². The first-order valence-corrected chi connectivity index (χ1v) is 8.23. The molecule has 0 unspecified atom stereocenters. The molecule has 1 saturated carbocycles. The van der Waals surface area contributed by atoms with Gasteiger partial charge in [0.2, 0.25) is 5.91 Å². The van der Waals surface area contributed by atoms with E-state index in [1.165, 1.54) is 24.8 Å². The molecule has 1 aliphatic carbocycles. The molecule has 1 aliphatic rings. The molecule has 0 radical (unpaired) electrons. The Morgan fingerprint density at radius 3 is 2.48 bits per heavy atom. The third-order valence-corrected chi connectivity index (χ3v) is 4.78. The molecular formula is C17H25ClN2O. The molecule has 4 heteroatoms. The number of rotatable bonds is 6. The molecule has 1 aromatic carbocycles. The van der Waals surface area contributed by atoms with Crippen molar-refractivity contribution in [3.63, 3.8) is 0 Å². The lowest BCUT2D eigenvalue weighted by Crippen LogP contribution is -2.39. The monoisotopic (exact) mass is 308 g/mol. The van der Waals surface area contributed by atoms with Crippen molar-refractivity contribution in [1.29, 1.82) is 0 Å². The van der Waals surface area contributed by atoms with E-state index in [4.69, 9.17) is 17.3 Å². The van der Waals surface area contributed by atoms with E-state index in [2.05, 4.69) is 5.32 Å². The molecule has 0 atom stereocenters. The molecular weight excluding hydrogens is 284 g/mol. The smallest absolute Gasteiger partial charge is 0.220 e. The number of carbonyl (C=O) groups is 1. The molecule has 0 bridgehead atoms. The molecule has 3 nitrogen and oxygen atoms in total. The number of hydrogen-bond donors (Lipinski definition) is 2. The summed E-state index contributed by atoms with van der Waals surface area (Å²) in [5, 5.41) is 3.77. The summed E-state index contributed by atoms with van der Waals surface area (Å²) < 4.78 is 0. The highest BCUT2D eigenvalue weighted by molar-refractivity contribution is 6.30. The van der Waals surface area contributed by atoms with Crippen LogP contribution in [0.2, 0.25) is 5.02 Å². The number of halogens is 1. The second-order valence-electron chi connectivity index (χ2n) is 6.17. The molecule has 116 valence electrons. The summed E-state index contributed by atoms with van der Waals surface area (Å²) in [6.45, 7) is 1.29. The maximum atomic E-state index is 12.1. The Labute approximate surface area is 132 Å². The first kappa shape index (κ1) is 16.3. The minimum Gasteiger partial charge on any atom is -0.356 e. The summed E-state index contributed by atoms with van der Waals surface area (Å²) >= 11 is 5.85. The largest absolute Gasteiger partial charge is 0.356 e. The van der Waals surface area contributed by atoms with Gasteiger partial charge in [-0.05, 0) is 48.9 Å². The first-order valence-electron chi connectivity index (χ1n) is 7.85. The van der Waals surface area contributed by atoms with Crippen LogP contribution in [0.5, 0.6) is 0 Å². The zero-order chi connectivity index (χ0) is 15.1. The van der Waals surface area contributed by atoms with Gasteiger partial charge in [-0.2, -0.15) is 0 Å². The molecule has 1 aromatic rings. The minimum absolute atomic E-state index is 0.0443. The van der Waals surface area contributed by atoms with Gasteiger partial charge < -0.3 is 11.1 Å². The van der Waals surface area contributed by atoms with Gasteiger partial charge in [-0.1, -0.05) is 43.0 Å². The molecule has 0 aliphatic heterocycles. The zero-order valence-electron chi connectivity index (χ0n) is 12.5. The van der Waals surface area contributed by atoms with Crippen molar-refractivity contribution in [1.82, 2.24) is 5.32 Å². The maximum Gasteiger partial charge on any atom is 0.220 e. The van der Waals surface area contributed by atoms with Gasteiger partial charge in [0.25, 0.3) is 0 Å². The predicted octanol–water partition coefficient (Wildman–Crippen LogP) is 3.30. The van der Waals surface area contributed by atoms with Crippen LogP contribution in [0.4, 0.5) is 0 Å². The number of amides is 1. The summed E-state index contributed by atoms with van der Waals surface area (Å²) in [7, 11) is 0. The Morgan fingerprint density at radius 2 is 1.86 bits per heavy atom. The van der Waals surface area contributed by atoms with Crippen molar-refractivity contribution < 1.29 is 4.79 Å². The van der Waals surface area contributed by atoms with Crippen molar-refractivity contribution in [2.24, 2.45) is 11.1 Å². The maximum absolute atomic E-state index is 12.1. The van der Waals surface area contributed by atoms with E-state index >= 15 is 0 Å². The van der Waals surface area contributed by atoms with E-state index in [0.717, 1.165) is 24.3 Å². The summed E-state index contributed by atoms with van der Waals surface area (Å²) in [6.07, 6.45) is 7.27. The van der Waals surface area contributed by atoms with E-state index in [1.54, 1.807) is 0 Å². The van der Waals surface area contributed by atoms with Gasteiger partial charge in [-0.25, -0.2) is 0 Å². The highest BCUT2D eigenvalue weighted by Gasteiger charge is 2.32. The topological polar surface area (TPSA) is 55.1 Å². The van der Waals surface area contributed by atoms with Crippen molar-refractivity contribution in [3.05, 3.63) is 34.9 Å². The van der Waals surface area contributed by atoms with Crippen molar-refractivity contribution in [3.8, 4) is 0 Å².